The SMILES string of the molecule is Clc1cccc(-c2cc3c(o2)CNCC3)c1. The third-order valence-electron chi connectivity index (χ3n) is 2.86. The first-order valence-corrected chi connectivity index (χ1v) is 5.79. The third-order valence-corrected chi connectivity index (χ3v) is 3.10. The van der Waals surface area contributed by atoms with Gasteiger partial charge in [0.25, 0.3) is 0 Å². The molecule has 3 heteroatoms. The largest absolute Gasteiger partial charge is 0.459 e. The fourth-order valence-electron chi connectivity index (χ4n) is 2.04. The molecule has 16 heavy (non-hydrogen) atoms. The standard InChI is InChI=1S/C13H12ClNO/c14-11-3-1-2-9(6-11)12-7-10-4-5-15-8-13(10)16-12/h1-3,6-7,15H,4-5,8H2. The summed E-state index contributed by atoms with van der Waals surface area (Å²) in [6.45, 7) is 1.86. The van der Waals surface area contributed by atoms with Crippen molar-refractivity contribution in [1.29, 1.82) is 0 Å². The maximum atomic E-state index is 5.97. The van der Waals surface area contributed by atoms with Crippen molar-refractivity contribution < 1.29 is 4.42 Å². The van der Waals surface area contributed by atoms with Gasteiger partial charge in [-0.1, -0.05) is 23.7 Å². The second-order valence-electron chi connectivity index (χ2n) is 4.00. The van der Waals surface area contributed by atoms with Gasteiger partial charge in [0.2, 0.25) is 0 Å². The fourth-order valence-corrected chi connectivity index (χ4v) is 2.23. The van der Waals surface area contributed by atoms with Crippen molar-refractivity contribution in [3.05, 3.63) is 46.7 Å². The summed E-state index contributed by atoms with van der Waals surface area (Å²) in [7, 11) is 0. The van der Waals surface area contributed by atoms with E-state index in [1.165, 1.54) is 5.56 Å². The summed E-state index contributed by atoms with van der Waals surface area (Å²) in [5, 5.41) is 4.04. The zero-order valence-corrected chi connectivity index (χ0v) is 9.55. The maximum Gasteiger partial charge on any atom is 0.134 e. The van der Waals surface area contributed by atoms with Gasteiger partial charge in [0, 0.05) is 10.6 Å². The molecule has 2 heterocycles. The molecule has 0 aliphatic carbocycles. The molecule has 0 saturated carbocycles. The summed E-state index contributed by atoms with van der Waals surface area (Å²) in [5.41, 5.74) is 2.36. The molecular formula is C13H12ClNO. The van der Waals surface area contributed by atoms with Gasteiger partial charge in [-0.05, 0) is 36.7 Å². The van der Waals surface area contributed by atoms with E-state index in [0.29, 0.717) is 0 Å². The Bertz CT molecular complexity index is 495. The molecule has 0 spiro atoms. The van der Waals surface area contributed by atoms with Crippen LogP contribution >= 0.6 is 11.6 Å². The second kappa shape index (κ2) is 3.96. The Morgan fingerprint density at radius 3 is 3.00 bits per heavy atom. The van der Waals surface area contributed by atoms with Gasteiger partial charge in [-0.15, -0.1) is 0 Å². The number of nitrogens with one attached hydrogen (secondary N) is 1. The Morgan fingerprint density at radius 1 is 1.25 bits per heavy atom. The van der Waals surface area contributed by atoms with Gasteiger partial charge < -0.3 is 9.73 Å². The molecule has 1 aromatic heterocycles. The van der Waals surface area contributed by atoms with Crippen LogP contribution in [0.25, 0.3) is 11.3 Å². The van der Waals surface area contributed by atoms with Crippen LogP contribution in [-0.4, -0.2) is 6.54 Å². The molecule has 2 aromatic rings. The minimum absolute atomic E-state index is 0.741. The molecule has 2 nitrogen and oxygen atoms in total. The van der Waals surface area contributed by atoms with E-state index >= 15 is 0 Å². The van der Waals surface area contributed by atoms with Crippen LogP contribution in [0, 0.1) is 0 Å². The topological polar surface area (TPSA) is 25.2 Å². The molecule has 0 unspecified atom stereocenters. The molecule has 0 fully saturated rings. The summed E-state index contributed by atoms with van der Waals surface area (Å²) in [6, 6.07) is 9.89. The highest BCUT2D eigenvalue weighted by Gasteiger charge is 2.15. The molecule has 1 aliphatic rings. The van der Waals surface area contributed by atoms with Crippen LogP contribution < -0.4 is 5.32 Å². The number of fused-ring (bicyclic) bond motifs is 1. The molecule has 0 atom stereocenters. The number of benzene rings is 1. The molecule has 0 saturated heterocycles. The fraction of sp³-hybridized carbons (Fsp3) is 0.231. The summed E-state index contributed by atoms with van der Waals surface area (Å²) in [4.78, 5) is 0. The Hall–Kier alpha value is -1.25. The van der Waals surface area contributed by atoms with Gasteiger partial charge in [-0.3, -0.25) is 0 Å². The lowest BCUT2D eigenvalue weighted by Crippen LogP contribution is -2.22. The van der Waals surface area contributed by atoms with E-state index in [2.05, 4.69) is 11.4 Å². The van der Waals surface area contributed by atoms with Gasteiger partial charge >= 0.3 is 0 Å². The van der Waals surface area contributed by atoms with E-state index in [0.717, 1.165) is 41.6 Å². The second-order valence-corrected chi connectivity index (χ2v) is 4.43. The van der Waals surface area contributed by atoms with Gasteiger partial charge in [0.15, 0.2) is 0 Å². The van der Waals surface area contributed by atoms with Crippen LogP contribution in [0.5, 0.6) is 0 Å². The first-order valence-electron chi connectivity index (χ1n) is 5.41. The molecular weight excluding hydrogens is 222 g/mol. The normalized spacial score (nSPS) is 14.8. The quantitative estimate of drug-likeness (QED) is 0.818. The number of halogens is 1. The molecule has 0 bridgehead atoms. The summed E-state index contributed by atoms with van der Waals surface area (Å²) in [6.07, 6.45) is 1.04. The Balaban J connectivity index is 2.03. The average molecular weight is 234 g/mol. The monoisotopic (exact) mass is 233 g/mol. The predicted molar refractivity (Wildman–Crippen MR) is 64.6 cm³/mol. The minimum atomic E-state index is 0.741. The highest BCUT2D eigenvalue weighted by molar-refractivity contribution is 6.30. The van der Waals surface area contributed by atoms with Crippen molar-refractivity contribution in [1.82, 2.24) is 5.32 Å². The Kier molecular flexibility index (Phi) is 2.46. The molecule has 3 rings (SSSR count). The Labute approximate surface area is 99.2 Å². The van der Waals surface area contributed by atoms with Crippen LogP contribution in [0.3, 0.4) is 0 Å². The zero-order valence-electron chi connectivity index (χ0n) is 8.79. The number of rotatable bonds is 1. The minimum Gasteiger partial charge on any atom is -0.459 e. The summed E-state index contributed by atoms with van der Waals surface area (Å²) in [5.74, 6) is 1.97. The number of hydrogen-bond donors (Lipinski definition) is 1. The first-order chi connectivity index (χ1) is 7.83. The van der Waals surface area contributed by atoms with Crippen LogP contribution in [0.2, 0.25) is 5.02 Å². The molecule has 1 aliphatic heterocycles. The zero-order chi connectivity index (χ0) is 11.0. The van der Waals surface area contributed by atoms with E-state index in [1.54, 1.807) is 0 Å². The molecule has 1 N–H and O–H groups in total. The van der Waals surface area contributed by atoms with E-state index < -0.39 is 0 Å². The number of furan rings is 1. The highest BCUT2D eigenvalue weighted by atomic mass is 35.5. The lowest BCUT2D eigenvalue weighted by atomic mass is 10.1. The van der Waals surface area contributed by atoms with E-state index in [9.17, 15) is 0 Å². The van der Waals surface area contributed by atoms with Crippen molar-refractivity contribution in [3.63, 3.8) is 0 Å². The Morgan fingerprint density at radius 2 is 2.19 bits per heavy atom. The lowest BCUT2D eigenvalue weighted by Gasteiger charge is -2.09. The van der Waals surface area contributed by atoms with Crippen molar-refractivity contribution in [2.75, 3.05) is 6.54 Å². The van der Waals surface area contributed by atoms with Crippen molar-refractivity contribution >= 4 is 11.6 Å². The van der Waals surface area contributed by atoms with Gasteiger partial charge in [0.1, 0.15) is 11.5 Å². The third kappa shape index (κ3) is 1.75. The van der Waals surface area contributed by atoms with Crippen LogP contribution in [0.15, 0.2) is 34.7 Å². The van der Waals surface area contributed by atoms with Crippen molar-refractivity contribution in [3.8, 4) is 11.3 Å². The predicted octanol–water partition coefficient (Wildman–Crippen LogP) is 3.25. The van der Waals surface area contributed by atoms with Crippen LogP contribution in [0.4, 0.5) is 0 Å². The lowest BCUT2D eigenvalue weighted by molar-refractivity contribution is 0.472. The molecule has 1 aromatic carbocycles. The highest BCUT2D eigenvalue weighted by Crippen LogP contribution is 2.28. The molecule has 82 valence electrons. The van der Waals surface area contributed by atoms with E-state index in [1.807, 2.05) is 24.3 Å². The molecule has 0 radical (unpaired) electrons. The maximum absolute atomic E-state index is 5.97. The van der Waals surface area contributed by atoms with Crippen molar-refractivity contribution in [2.24, 2.45) is 0 Å². The van der Waals surface area contributed by atoms with Crippen LogP contribution in [0.1, 0.15) is 11.3 Å². The average Bonchev–Trinajstić information content (AvgIpc) is 2.72. The van der Waals surface area contributed by atoms with Crippen molar-refractivity contribution in [2.45, 2.75) is 13.0 Å². The van der Waals surface area contributed by atoms with Gasteiger partial charge in [0.05, 0.1) is 6.54 Å². The first kappa shape index (κ1) is 9.94. The number of hydrogen-bond acceptors (Lipinski definition) is 2. The van der Waals surface area contributed by atoms with E-state index in [-0.39, 0.29) is 0 Å². The summed E-state index contributed by atoms with van der Waals surface area (Å²) >= 11 is 5.97. The van der Waals surface area contributed by atoms with Gasteiger partial charge in [-0.2, -0.15) is 0 Å². The van der Waals surface area contributed by atoms with E-state index in [4.69, 9.17) is 16.0 Å². The van der Waals surface area contributed by atoms with Gasteiger partial charge in [-0.25, -0.2) is 0 Å². The smallest absolute Gasteiger partial charge is 0.134 e. The van der Waals surface area contributed by atoms with Crippen LogP contribution in [-0.2, 0) is 13.0 Å². The summed E-state index contributed by atoms with van der Waals surface area (Å²) < 4.78 is 5.83. The molecule has 0 amide bonds.